The summed E-state index contributed by atoms with van der Waals surface area (Å²) in [4.78, 5) is 200. The van der Waals surface area contributed by atoms with Crippen molar-refractivity contribution in [2.75, 3.05) is 31.8 Å². The van der Waals surface area contributed by atoms with Crippen molar-refractivity contribution in [3.05, 3.63) is 0 Å². The quantitative estimate of drug-likeness (QED) is 0.0270. The lowest BCUT2D eigenvalue weighted by atomic mass is 9.95. The predicted octanol–water partition coefficient (Wildman–Crippen LogP) is -5.79. The van der Waals surface area contributed by atoms with Crippen LogP contribution in [0, 0.1) is 23.7 Å². The van der Waals surface area contributed by atoms with Crippen LogP contribution in [0.5, 0.6) is 0 Å². The lowest BCUT2D eigenvalue weighted by Crippen LogP contribution is -2.63. The van der Waals surface area contributed by atoms with Crippen molar-refractivity contribution in [3.63, 3.8) is 0 Å². The Bertz CT molecular complexity index is 2640. The van der Waals surface area contributed by atoms with Gasteiger partial charge < -0.3 is 101 Å². The number of thioether (sulfide) groups is 1. The maximum Gasteiger partial charge on any atom is 0.325 e. The molecule has 1 rings (SSSR count). The third kappa shape index (κ3) is 28.1. The largest absolute Gasteiger partial charge is 0.480 e. The second-order valence-electron chi connectivity index (χ2n) is 24.4. The molecule has 1 aliphatic heterocycles. The van der Waals surface area contributed by atoms with E-state index in [-0.39, 0.29) is 51.0 Å². The van der Waals surface area contributed by atoms with Gasteiger partial charge in [-0.05, 0) is 95.0 Å². The third-order valence-electron chi connectivity index (χ3n) is 15.8. The molecule has 0 bridgehead atoms. The van der Waals surface area contributed by atoms with Gasteiger partial charge in [-0.1, -0.05) is 68.2 Å². The number of aliphatic carboxylic acids is 1. The molecule has 35 heteroatoms. The Labute approximate surface area is 551 Å². The molecule has 534 valence electrons. The zero-order valence-corrected chi connectivity index (χ0v) is 56.6. The molecule has 1 saturated heterocycles. The molecule has 0 aromatic heterocycles. The highest BCUT2D eigenvalue weighted by Crippen LogP contribution is 2.20. The average Bonchev–Trinajstić information content (AvgIpc) is 1.57. The normalized spacial score (nSPS) is 17.7. The van der Waals surface area contributed by atoms with Crippen LogP contribution < -0.4 is 75.7 Å². The van der Waals surface area contributed by atoms with Gasteiger partial charge in [0, 0.05) is 19.4 Å². The first-order valence-electron chi connectivity index (χ1n) is 31.5. The summed E-state index contributed by atoms with van der Waals surface area (Å²) in [5, 5.41) is 67.5. The SMILES string of the molecule is CC[C@H](C)[C@H](NC(=O)[C@H](C)NC(=O)[C@@H]1CCCN1C(=O)[C@H](CO)NC(=O)[C@H](CCC(N)=O)NC(=O)[C@@H](NC(=O)[C@H](CC(C)C)NC(=O)[C@@H](NC(=O)[C@@H](NC(=O)[C@@H](N)CCC(N)=O)[C@@H](C)CC)C(C)C)[C@@H](C)O)C(=O)N[C@@H](CCSC)C(=O)N[C@@H](CO)C(=O)N[C@@H](C)C(=O)O. The van der Waals surface area contributed by atoms with Crippen LogP contribution in [0.3, 0.4) is 0 Å². The smallest absolute Gasteiger partial charge is 0.325 e. The lowest BCUT2D eigenvalue weighted by Gasteiger charge is -2.31. The van der Waals surface area contributed by atoms with Crippen molar-refractivity contribution in [1.82, 2.24) is 63.4 Å². The highest BCUT2D eigenvalue weighted by atomic mass is 32.2. The van der Waals surface area contributed by atoms with Crippen molar-refractivity contribution in [1.29, 1.82) is 0 Å². The van der Waals surface area contributed by atoms with Gasteiger partial charge in [0.2, 0.25) is 82.7 Å². The second-order valence-corrected chi connectivity index (χ2v) is 25.4. The molecule has 0 aliphatic carbocycles. The van der Waals surface area contributed by atoms with Crippen LogP contribution in [-0.2, 0) is 71.9 Å². The van der Waals surface area contributed by atoms with E-state index in [0.717, 1.165) is 11.8 Å². The van der Waals surface area contributed by atoms with E-state index < -0.39 is 217 Å². The number of nitrogens with two attached hydrogens (primary N) is 3. The highest BCUT2D eigenvalue weighted by Gasteiger charge is 2.42. The van der Waals surface area contributed by atoms with Gasteiger partial charge in [-0.25, -0.2) is 0 Å². The molecule has 0 unspecified atom stereocenters. The number of carboxylic acid groups (broad SMARTS) is 1. The van der Waals surface area contributed by atoms with Crippen molar-refractivity contribution >= 4 is 100 Å². The number of nitrogens with one attached hydrogen (secondary N) is 11. The standard InChI is InChI=1S/C59H103N15O19S/c1-13-29(7)44(55(88)66-36(21-23-94-12)50(83)68-38(25-75)52(85)64-32(10)59(92)93)71-47(80)31(9)63-53(86)40-16-15-22-74(40)58(91)39(26-76)69-49(82)35(18-20-42(62)79)65-57(90)46(33(11)77)73-51(84)37(24-27(3)4)67-54(87)43(28(5)6)70-56(89)45(30(8)14-2)72-48(81)34(60)17-19-41(61)78/h27-40,43-46,75-77H,13-26,60H2,1-12H3,(H2,61,78)(H2,62,79)(H,63,86)(H,64,85)(H,65,90)(H,66,88)(H,67,87)(H,68,83)(H,69,82)(H,70,89)(H,71,80)(H,72,81)(H,73,84)(H,92,93)/t29-,30-,31-,32-,33+,34-,35-,36-,37-,38-,39-,40-,43-,44-,45-,46-/m0/s1. The van der Waals surface area contributed by atoms with Crippen molar-refractivity contribution in [2.24, 2.45) is 40.9 Å². The predicted molar refractivity (Wildman–Crippen MR) is 342 cm³/mol. The first-order valence-corrected chi connectivity index (χ1v) is 32.9. The molecular weight excluding hydrogens is 1250 g/mol. The Morgan fingerprint density at radius 1 is 0.500 bits per heavy atom. The minimum atomic E-state index is -1.85. The number of carbonyl (C=O) groups excluding carboxylic acids is 14. The molecule has 0 radical (unpaired) electrons. The Morgan fingerprint density at radius 2 is 0.926 bits per heavy atom. The van der Waals surface area contributed by atoms with Crippen LogP contribution in [0.1, 0.15) is 140 Å². The van der Waals surface area contributed by atoms with Gasteiger partial charge in [-0.15, -0.1) is 0 Å². The lowest BCUT2D eigenvalue weighted by molar-refractivity contribution is -0.143. The average molecular weight is 1360 g/mol. The van der Waals surface area contributed by atoms with E-state index in [1.165, 1.54) is 25.6 Å². The van der Waals surface area contributed by atoms with Crippen LogP contribution >= 0.6 is 11.8 Å². The van der Waals surface area contributed by atoms with Crippen LogP contribution in [-0.4, -0.2) is 230 Å². The number of carbonyl (C=O) groups is 15. The molecule has 0 aromatic carbocycles. The summed E-state index contributed by atoms with van der Waals surface area (Å²) in [6.07, 6.45) is -0.272. The van der Waals surface area contributed by atoms with E-state index in [0.29, 0.717) is 18.6 Å². The van der Waals surface area contributed by atoms with E-state index in [9.17, 15) is 92.3 Å². The summed E-state index contributed by atoms with van der Waals surface area (Å²) >= 11 is 1.33. The van der Waals surface area contributed by atoms with Gasteiger partial charge in [-0.3, -0.25) is 71.9 Å². The number of aliphatic hydroxyl groups excluding tert-OH is 3. The van der Waals surface area contributed by atoms with Crippen molar-refractivity contribution in [3.8, 4) is 0 Å². The molecule has 16 atom stereocenters. The Hall–Kier alpha value is -7.76. The van der Waals surface area contributed by atoms with Gasteiger partial charge in [0.15, 0.2) is 0 Å². The molecule has 34 nitrogen and oxygen atoms in total. The van der Waals surface area contributed by atoms with E-state index in [1.54, 1.807) is 61.6 Å². The first kappa shape index (κ1) is 84.3. The Morgan fingerprint density at radius 3 is 1.40 bits per heavy atom. The Balaban J connectivity index is 3.35. The molecule has 0 aromatic rings. The second kappa shape index (κ2) is 41.8. The number of primary amides is 2. The first-order chi connectivity index (χ1) is 43.9. The molecular formula is C59H103N15O19S. The van der Waals surface area contributed by atoms with Crippen molar-refractivity contribution < 1.29 is 92.3 Å². The van der Waals surface area contributed by atoms with E-state index in [2.05, 4.69) is 58.5 Å². The minimum Gasteiger partial charge on any atom is -0.480 e. The number of hydrogen-bond acceptors (Lipinski definition) is 20. The zero-order chi connectivity index (χ0) is 72.0. The molecule has 0 spiro atoms. The van der Waals surface area contributed by atoms with E-state index in [1.807, 2.05) is 0 Å². The summed E-state index contributed by atoms with van der Waals surface area (Å²) in [7, 11) is 0. The maximum atomic E-state index is 14.1. The fraction of sp³-hybridized carbons (Fsp3) is 0.746. The van der Waals surface area contributed by atoms with E-state index in [4.69, 9.17) is 17.2 Å². The van der Waals surface area contributed by atoms with Crippen molar-refractivity contribution in [2.45, 2.75) is 225 Å². The summed E-state index contributed by atoms with van der Waals surface area (Å²) in [6, 6.07) is -18.6. The van der Waals surface area contributed by atoms with Gasteiger partial charge in [0.05, 0.1) is 25.4 Å². The Kier molecular flexibility index (Phi) is 37.5. The molecule has 94 heavy (non-hydrogen) atoms. The number of carboxylic acids is 1. The van der Waals surface area contributed by atoms with E-state index >= 15 is 0 Å². The van der Waals surface area contributed by atoms with Crippen LogP contribution in [0.25, 0.3) is 0 Å². The fourth-order valence-electron chi connectivity index (χ4n) is 9.53. The minimum absolute atomic E-state index is 0.0266. The molecule has 1 aliphatic rings. The topological polar surface area (TPSA) is 551 Å². The monoisotopic (exact) mass is 1360 g/mol. The molecule has 21 N–H and O–H groups in total. The summed E-state index contributed by atoms with van der Waals surface area (Å²) < 4.78 is 0. The number of hydrogen-bond donors (Lipinski definition) is 18. The zero-order valence-electron chi connectivity index (χ0n) is 55.8. The number of nitrogens with zero attached hydrogens (tertiary/aromatic N) is 1. The van der Waals surface area contributed by atoms with Crippen LogP contribution in [0.15, 0.2) is 0 Å². The highest BCUT2D eigenvalue weighted by molar-refractivity contribution is 7.98. The molecule has 1 fully saturated rings. The van der Waals surface area contributed by atoms with Gasteiger partial charge >= 0.3 is 5.97 Å². The van der Waals surface area contributed by atoms with Gasteiger partial charge in [-0.2, -0.15) is 11.8 Å². The number of likely N-dealkylation sites (tertiary alicyclic amines) is 1. The number of aliphatic hydroxyl groups is 3. The molecule has 1 heterocycles. The maximum absolute atomic E-state index is 14.1. The third-order valence-corrected chi connectivity index (χ3v) is 16.4. The van der Waals surface area contributed by atoms with Gasteiger partial charge in [0.25, 0.3) is 0 Å². The van der Waals surface area contributed by atoms with Crippen LogP contribution in [0.2, 0.25) is 0 Å². The molecule has 0 saturated carbocycles. The number of rotatable bonds is 43. The molecule has 14 amide bonds. The van der Waals surface area contributed by atoms with Crippen LogP contribution in [0.4, 0.5) is 0 Å². The summed E-state index contributed by atoms with van der Waals surface area (Å²) in [5.74, 6) is -15.6. The number of amides is 14. The summed E-state index contributed by atoms with van der Waals surface area (Å²) in [6.45, 7) is 15.0. The summed E-state index contributed by atoms with van der Waals surface area (Å²) in [5.41, 5.74) is 16.6. The fourth-order valence-corrected chi connectivity index (χ4v) is 10.0. The van der Waals surface area contributed by atoms with Gasteiger partial charge in [0.1, 0.15) is 72.5 Å².